The van der Waals surface area contributed by atoms with Crippen molar-refractivity contribution in [2.24, 2.45) is 5.92 Å². The van der Waals surface area contributed by atoms with Gasteiger partial charge in [0.1, 0.15) is 0 Å². The lowest BCUT2D eigenvalue weighted by atomic mass is 9.98. The smallest absolute Gasteiger partial charge is 0.233 e. The van der Waals surface area contributed by atoms with E-state index in [9.17, 15) is 9.59 Å². The molecule has 6 nitrogen and oxygen atoms in total. The Balaban J connectivity index is 1.87. The molecule has 0 unspecified atom stereocenters. The Bertz CT molecular complexity index is 551. The minimum absolute atomic E-state index is 0.0789. The van der Waals surface area contributed by atoms with Crippen molar-refractivity contribution in [1.82, 2.24) is 15.1 Å². The maximum Gasteiger partial charge on any atom is 0.233 e. The molecule has 1 saturated heterocycles. The molecular formula is C15H24N4O2S2. The first kappa shape index (κ1) is 18.2. The van der Waals surface area contributed by atoms with Gasteiger partial charge in [-0.3, -0.25) is 9.59 Å². The van der Waals surface area contributed by atoms with E-state index in [1.165, 1.54) is 29.5 Å². The molecule has 0 aromatic carbocycles. The Labute approximate surface area is 145 Å². The molecule has 128 valence electrons. The number of rotatable bonds is 5. The largest absolute Gasteiger partial charge is 0.337 e. The summed E-state index contributed by atoms with van der Waals surface area (Å²) in [7, 11) is 0. The first-order valence-corrected chi connectivity index (χ1v) is 9.77. The van der Waals surface area contributed by atoms with Gasteiger partial charge in [0.25, 0.3) is 0 Å². The van der Waals surface area contributed by atoms with Gasteiger partial charge in [0.05, 0.1) is 5.75 Å². The molecule has 1 N–H and O–H groups in total. The number of nitrogens with one attached hydrogen (secondary N) is 1. The Morgan fingerprint density at radius 3 is 2.57 bits per heavy atom. The molecule has 2 heterocycles. The number of nitrogens with zero attached hydrogens (tertiary/aromatic N) is 3. The van der Waals surface area contributed by atoms with Crippen LogP contribution < -0.4 is 5.32 Å². The zero-order valence-electron chi connectivity index (χ0n) is 14.0. The summed E-state index contributed by atoms with van der Waals surface area (Å²) in [4.78, 5) is 26.1. The molecule has 0 saturated carbocycles. The van der Waals surface area contributed by atoms with Crippen molar-refractivity contribution < 1.29 is 9.59 Å². The fraction of sp³-hybridized carbons (Fsp3) is 0.733. The molecule has 2 atom stereocenters. The molecule has 1 aromatic rings. The number of anilines is 1. The van der Waals surface area contributed by atoms with E-state index in [-0.39, 0.29) is 17.7 Å². The van der Waals surface area contributed by atoms with Crippen LogP contribution in [-0.4, -0.2) is 44.7 Å². The maximum absolute atomic E-state index is 12.5. The van der Waals surface area contributed by atoms with Gasteiger partial charge in [-0.2, -0.15) is 0 Å². The van der Waals surface area contributed by atoms with Gasteiger partial charge in [-0.15, -0.1) is 10.2 Å². The number of aromatic nitrogens is 2. The van der Waals surface area contributed by atoms with Gasteiger partial charge in [-0.05, 0) is 33.1 Å². The predicted molar refractivity (Wildman–Crippen MR) is 93.7 cm³/mol. The second-order valence-corrected chi connectivity index (χ2v) is 8.44. The van der Waals surface area contributed by atoms with Gasteiger partial charge >= 0.3 is 0 Å². The van der Waals surface area contributed by atoms with Crippen LogP contribution in [0.5, 0.6) is 0 Å². The highest BCUT2D eigenvalue weighted by Crippen LogP contribution is 2.28. The fourth-order valence-corrected chi connectivity index (χ4v) is 4.30. The van der Waals surface area contributed by atoms with Crippen LogP contribution in [-0.2, 0) is 9.59 Å². The van der Waals surface area contributed by atoms with Crippen molar-refractivity contribution in [2.75, 3.05) is 11.1 Å². The van der Waals surface area contributed by atoms with E-state index in [0.717, 1.165) is 12.8 Å². The van der Waals surface area contributed by atoms with Crippen molar-refractivity contribution in [3.8, 4) is 0 Å². The molecule has 1 fully saturated rings. The number of carbonyl (C=O) groups is 2. The number of hydrogen-bond acceptors (Lipinski definition) is 6. The van der Waals surface area contributed by atoms with Crippen molar-refractivity contribution in [3.05, 3.63) is 0 Å². The van der Waals surface area contributed by atoms with E-state index in [4.69, 9.17) is 0 Å². The van der Waals surface area contributed by atoms with Crippen molar-refractivity contribution in [1.29, 1.82) is 0 Å². The Hall–Kier alpha value is -1.15. The van der Waals surface area contributed by atoms with Gasteiger partial charge in [0.2, 0.25) is 16.9 Å². The lowest BCUT2D eigenvalue weighted by Gasteiger charge is -2.39. The molecule has 1 aliphatic rings. The van der Waals surface area contributed by atoms with E-state index in [2.05, 4.69) is 29.4 Å². The normalized spacial score (nSPS) is 21.5. The maximum atomic E-state index is 12.5. The fourth-order valence-electron chi connectivity index (χ4n) is 2.68. The van der Waals surface area contributed by atoms with E-state index in [0.29, 0.717) is 27.3 Å². The summed E-state index contributed by atoms with van der Waals surface area (Å²) >= 11 is 2.69. The SMILES string of the molecule is CC(C)C(=O)Nc1nnc(SCC(=O)N2[C@@H](C)CCC[C@@H]2C)s1. The molecule has 1 aliphatic heterocycles. The number of carbonyl (C=O) groups excluding carboxylic acids is 2. The van der Waals surface area contributed by atoms with Crippen LogP contribution in [0.25, 0.3) is 0 Å². The van der Waals surface area contributed by atoms with Crippen LogP contribution >= 0.6 is 23.1 Å². The van der Waals surface area contributed by atoms with Gasteiger partial charge in [-0.25, -0.2) is 0 Å². The molecule has 2 rings (SSSR count). The minimum Gasteiger partial charge on any atom is -0.337 e. The first-order valence-electron chi connectivity index (χ1n) is 7.96. The monoisotopic (exact) mass is 356 g/mol. The Morgan fingerprint density at radius 2 is 1.96 bits per heavy atom. The van der Waals surface area contributed by atoms with Gasteiger partial charge in [0.15, 0.2) is 4.34 Å². The predicted octanol–water partition coefficient (Wildman–Crippen LogP) is 3.01. The van der Waals surface area contributed by atoms with Crippen LogP contribution in [0.15, 0.2) is 4.34 Å². The summed E-state index contributed by atoms with van der Waals surface area (Å²) in [5.41, 5.74) is 0. The summed E-state index contributed by atoms with van der Waals surface area (Å²) in [6.07, 6.45) is 3.34. The van der Waals surface area contributed by atoms with Crippen LogP contribution in [0.4, 0.5) is 5.13 Å². The molecule has 8 heteroatoms. The molecule has 23 heavy (non-hydrogen) atoms. The van der Waals surface area contributed by atoms with E-state index < -0.39 is 0 Å². The summed E-state index contributed by atoms with van der Waals surface area (Å²) in [6, 6.07) is 0.615. The highest BCUT2D eigenvalue weighted by Gasteiger charge is 2.28. The van der Waals surface area contributed by atoms with Gasteiger partial charge in [-0.1, -0.05) is 36.9 Å². The summed E-state index contributed by atoms with van der Waals surface area (Å²) in [6.45, 7) is 7.88. The minimum atomic E-state index is -0.0985. The first-order chi connectivity index (χ1) is 10.9. The summed E-state index contributed by atoms with van der Waals surface area (Å²) in [5.74, 6) is 0.336. The average molecular weight is 357 g/mol. The number of hydrogen-bond donors (Lipinski definition) is 1. The summed E-state index contributed by atoms with van der Waals surface area (Å²) in [5, 5.41) is 11.2. The van der Waals surface area contributed by atoms with Crippen molar-refractivity contribution in [2.45, 2.75) is 63.4 Å². The van der Waals surface area contributed by atoms with Crippen LogP contribution in [0.2, 0.25) is 0 Å². The molecule has 0 aliphatic carbocycles. The van der Waals surface area contributed by atoms with Crippen LogP contribution in [0, 0.1) is 5.92 Å². The zero-order valence-corrected chi connectivity index (χ0v) is 15.7. The zero-order chi connectivity index (χ0) is 17.0. The topological polar surface area (TPSA) is 75.2 Å². The third-order valence-electron chi connectivity index (χ3n) is 3.96. The van der Waals surface area contributed by atoms with Gasteiger partial charge < -0.3 is 10.2 Å². The average Bonchev–Trinajstić information content (AvgIpc) is 2.92. The van der Waals surface area contributed by atoms with Crippen LogP contribution in [0.3, 0.4) is 0 Å². The highest BCUT2D eigenvalue weighted by molar-refractivity contribution is 8.01. The number of amides is 2. The highest BCUT2D eigenvalue weighted by atomic mass is 32.2. The van der Waals surface area contributed by atoms with E-state index >= 15 is 0 Å². The quantitative estimate of drug-likeness (QED) is 0.648. The van der Waals surface area contributed by atoms with Gasteiger partial charge in [0, 0.05) is 18.0 Å². The molecule has 0 bridgehead atoms. The number of likely N-dealkylation sites (tertiary alicyclic amines) is 1. The number of piperidine rings is 1. The number of thioether (sulfide) groups is 1. The molecule has 0 radical (unpaired) electrons. The molecule has 2 amide bonds. The second-order valence-electron chi connectivity index (χ2n) is 6.24. The third kappa shape index (κ3) is 4.91. The standard InChI is InChI=1S/C15H24N4O2S2/c1-9(2)13(21)16-14-17-18-15(23-14)22-8-12(20)19-10(3)6-5-7-11(19)4/h9-11H,5-8H2,1-4H3,(H,16,17,21)/t10-,11-/m0/s1. The Morgan fingerprint density at radius 1 is 1.30 bits per heavy atom. The van der Waals surface area contributed by atoms with E-state index in [1.54, 1.807) is 0 Å². The van der Waals surface area contributed by atoms with E-state index in [1.807, 2.05) is 18.7 Å². The molecule has 1 aromatic heterocycles. The lowest BCUT2D eigenvalue weighted by Crippen LogP contribution is -2.48. The molecule has 0 spiro atoms. The van der Waals surface area contributed by atoms with Crippen molar-refractivity contribution >= 4 is 40.0 Å². The Kier molecular flexibility index (Phi) is 6.41. The molecular weight excluding hydrogens is 332 g/mol. The third-order valence-corrected chi connectivity index (χ3v) is 5.92. The lowest BCUT2D eigenvalue weighted by molar-refractivity contribution is -0.134. The van der Waals surface area contributed by atoms with Crippen molar-refractivity contribution in [3.63, 3.8) is 0 Å². The summed E-state index contributed by atoms with van der Waals surface area (Å²) < 4.78 is 0.703. The second kappa shape index (κ2) is 8.10. The van der Waals surface area contributed by atoms with Crippen LogP contribution in [0.1, 0.15) is 47.0 Å².